The van der Waals surface area contributed by atoms with Crippen molar-refractivity contribution in [2.45, 2.75) is 6.92 Å². The lowest BCUT2D eigenvalue weighted by atomic mass is 10.1. The summed E-state index contributed by atoms with van der Waals surface area (Å²) in [6.45, 7) is 2.13. The lowest BCUT2D eigenvalue weighted by Gasteiger charge is -2.14. The maximum Gasteiger partial charge on any atom is 0.265 e. The third-order valence-corrected chi connectivity index (χ3v) is 4.97. The maximum absolute atomic E-state index is 12.4. The minimum Gasteiger partial charge on any atom is -0.395 e. The van der Waals surface area contributed by atoms with Gasteiger partial charge in [-0.05, 0) is 17.7 Å². The molecule has 0 bridgehead atoms. The van der Waals surface area contributed by atoms with Crippen LogP contribution in [0.3, 0.4) is 0 Å². The van der Waals surface area contributed by atoms with Gasteiger partial charge in [0.15, 0.2) is 0 Å². The Morgan fingerprint density at radius 3 is 2.74 bits per heavy atom. The number of hydrogen-bond donors (Lipinski definition) is 1. The van der Waals surface area contributed by atoms with Crippen LogP contribution in [0.1, 0.15) is 15.4 Å². The summed E-state index contributed by atoms with van der Waals surface area (Å²) in [7, 11) is 1.69. The van der Waals surface area contributed by atoms with E-state index in [2.05, 4.69) is 23.2 Å². The molecule has 4 nitrogen and oxygen atoms in total. The fourth-order valence-electron chi connectivity index (χ4n) is 2.55. The van der Waals surface area contributed by atoms with Gasteiger partial charge in [0.1, 0.15) is 9.88 Å². The van der Waals surface area contributed by atoms with Gasteiger partial charge in [-0.25, -0.2) is 4.98 Å². The molecule has 0 saturated heterocycles. The molecule has 3 rings (SSSR count). The van der Waals surface area contributed by atoms with Crippen LogP contribution in [-0.2, 0) is 0 Å². The predicted molar refractivity (Wildman–Crippen MR) is 93.8 cm³/mol. The fraction of sp³-hybridized carbons (Fsp3) is 0.222. The first kappa shape index (κ1) is 15.6. The maximum atomic E-state index is 12.4. The van der Waals surface area contributed by atoms with E-state index in [0.29, 0.717) is 11.4 Å². The molecule has 0 aliphatic heterocycles. The standard InChI is InChI=1S/C18H18N2O2S/c1-12-16(18(22)20(2)10-11-21)23-17(19-12)15-9-5-7-13-6-3-4-8-14(13)15/h3-9,21H,10-11H2,1-2H3. The van der Waals surface area contributed by atoms with Gasteiger partial charge in [0.25, 0.3) is 5.91 Å². The Labute approximate surface area is 139 Å². The molecule has 1 amide bonds. The average Bonchev–Trinajstić information content (AvgIpc) is 2.95. The van der Waals surface area contributed by atoms with Crippen molar-refractivity contribution in [1.82, 2.24) is 9.88 Å². The number of thiazole rings is 1. The van der Waals surface area contributed by atoms with Crippen molar-refractivity contribution < 1.29 is 9.90 Å². The molecule has 0 aliphatic carbocycles. The van der Waals surface area contributed by atoms with Crippen molar-refractivity contribution in [2.24, 2.45) is 0 Å². The minimum atomic E-state index is -0.0967. The van der Waals surface area contributed by atoms with Gasteiger partial charge in [-0.3, -0.25) is 4.79 Å². The summed E-state index contributed by atoms with van der Waals surface area (Å²) in [6, 6.07) is 14.3. The van der Waals surface area contributed by atoms with E-state index in [1.165, 1.54) is 16.2 Å². The number of likely N-dealkylation sites (N-methyl/N-ethyl adjacent to an activating group) is 1. The van der Waals surface area contributed by atoms with Crippen LogP contribution < -0.4 is 0 Å². The number of rotatable bonds is 4. The topological polar surface area (TPSA) is 53.4 Å². The zero-order chi connectivity index (χ0) is 16.4. The SMILES string of the molecule is Cc1nc(-c2cccc3ccccc23)sc1C(=O)N(C)CCO. The quantitative estimate of drug-likeness (QED) is 0.800. The fourth-order valence-corrected chi connectivity index (χ4v) is 3.65. The number of carbonyl (C=O) groups excluding carboxylic acids is 1. The number of aliphatic hydroxyl groups is 1. The molecule has 0 aliphatic rings. The van der Waals surface area contributed by atoms with Crippen LogP contribution in [0, 0.1) is 6.92 Å². The Morgan fingerprint density at radius 1 is 1.22 bits per heavy atom. The molecule has 0 fully saturated rings. The minimum absolute atomic E-state index is 0.0454. The number of hydrogen-bond acceptors (Lipinski definition) is 4. The zero-order valence-electron chi connectivity index (χ0n) is 13.1. The highest BCUT2D eigenvalue weighted by atomic mass is 32.1. The number of amides is 1. The summed E-state index contributed by atoms with van der Waals surface area (Å²) in [4.78, 5) is 19.2. The lowest BCUT2D eigenvalue weighted by molar-refractivity contribution is 0.0771. The number of aliphatic hydroxyl groups excluding tert-OH is 1. The van der Waals surface area contributed by atoms with Crippen LogP contribution in [0.25, 0.3) is 21.3 Å². The van der Waals surface area contributed by atoms with E-state index >= 15 is 0 Å². The Kier molecular flexibility index (Phi) is 4.41. The number of fused-ring (bicyclic) bond motifs is 1. The van der Waals surface area contributed by atoms with Crippen LogP contribution in [0.15, 0.2) is 42.5 Å². The van der Waals surface area contributed by atoms with Crippen molar-refractivity contribution >= 4 is 28.0 Å². The molecule has 0 unspecified atom stereocenters. The highest BCUT2D eigenvalue weighted by Gasteiger charge is 2.20. The van der Waals surface area contributed by atoms with Gasteiger partial charge in [-0.15, -0.1) is 11.3 Å². The summed E-state index contributed by atoms with van der Waals surface area (Å²) in [5.74, 6) is -0.0967. The molecule has 1 heterocycles. The first-order valence-electron chi connectivity index (χ1n) is 7.43. The third kappa shape index (κ3) is 2.98. The van der Waals surface area contributed by atoms with Gasteiger partial charge >= 0.3 is 0 Å². The number of aromatic nitrogens is 1. The second kappa shape index (κ2) is 6.48. The normalized spacial score (nSPS) is 10.9. The number of benzene rings is 2. The molecule has 3 aromatic rings. The second-order valence-corrected chi connectivity index (χ2v) is 6.41. The summed E-state index contributed by atoms with van der Waals surface area (Å²) >= 11 is 1.41. The molecule has 0 spiro atoms. The third-order valence-electron chi connectivity index (χ3n) is 3.79. The number of nitrogens with zero attached hydrogens (tertiary/aromatic N) is 2. The lowest BCUT2D eigenvalue weighted by Crippen LogP contribution is -2.29. The molecule has 0 atom stereocenters. The van der Waals surface area contributed by atoms with E-state index < -0.39 is 0 Å². The van der Waals surface area contributed by atoms with Gasteiger partial charge in [0.2, 0.25) is 0 Å². The van der Waals surface area contributed by atoms with Crippen molar-refractivity contribution in [3.05, 3.63) is 53.0 Å². The van der Waals surface area contributed by atoms with E-state index in [9.17, 15) is 4.79 Å². The molecule has 0 saturated carbocycles. The predicted octanol–water partition coefficient (Wildman–Crippen LogP) is 3.34. The van der Waals surface area contributed by atoms with Gasteiger partial charge in [0, 0.05) is 19.2 Å². The second-order valence-electron chi connectivity index (χ2n) is 5.41. The first-order chi connectivity index (χ1) is 11.1. The Balaban J connectivity index is 2.05. The van der Waals surface area contributed by atoms with Crippen LogP contribution in [0.5, 0.6) is 0 Å². The summed E-state index contributed by atoms with van der Waals surface area (Å²) in [6.07, 6.45) is 0. The van der Waals surface area contributed by atoms with Crippen LogP contribution in [0.4, 0.5) is 0 Å². The van der Waals surface area contributed by atoms with E-state index in [-0.39, 0.29) is 12.5 Å². The van der Waals surface area contributed by atoms with E-state index in [1.54, 1.807) is 7.05 Å². The van der Waals surface area contributed by atoms with Crippen molar-refractivity contribution in [2.75, 3.05) is 20.2 Å². The molecule has 2 aromatic carbocycles. The van der Waals surface area contributed by atoms with Gasteiger partial charge in [-0.2, -0.15) is 0 Å². The molecular weight excluding hydrogens is 308 g/mol. The van der Waals surface area contributed by atoms with E-state index in [0.717, 1.165) is 27.0 Å². The van der Waals surface area contributed by atoms with Gasteiger partial charge in [0.05, 0.1) is 12.3 Å². The van der Waals surface area contributed by atoms with Gasteiger partial charge < -0.3 is 10.0 Å². The zero-order valence-corrected chi connectivity index (χ0v) is 13.9. The average molecular weight is 326 g/mol. The molecule has 23 heavy (non-hydrogen) atoms. The van der Waals surface area contributed by atoms with Crippen LogP contribution >= 0.6 is 11.3 Å². The Morgan fingerprint density at radius 2 is 1.96 bits per heavy atom. The molecule has 1 aromatic heterocycles. The monoisotopic (exact) mass is 326 g/mol. The first-order valence-corrected chi connectivity index (χ1v) is 8.25. The van der Waals surface area contributed by atoms with Crippen LogP contribution in [-0.4, -0.2) is 41.1 Å². The Hall–Kier alpha value is -2.24. The van der Waals surface area contributed by atoms with Crippen molar-refractivity contribution in [1.29, 1.82) is 0 Å². The molecule has 5 heteroatoms. The number of carbonyl (C=O) groups is 1. The Bertz CT molecular complexity index is 852. The van der Waals surface area contributed by atoms with Crippen molar-refractivity contribution in [3.63, 3.8) is 0 Å². The largest absolute Gasteiger partial charge is 0.395 e. The van der Waals surface area contributed by atoms with Gasteiger partial charge in [-0.1, -0.05) is 42.5 Å². The molecular formula is C18H18N2O2S. The molecule has 0 radical (unpaired) electrons. The smallest absolute Gasteiger partial charge is 0.265 e. The van der Waals surface area contributed by atoms with Crippen LogP contribution in [0.2, 0.25) is 0 Å². The van der Waals surface area contributed by atoms with Crippen molar-refractivity contribution in [3.8, 4) is 10.6 Å². The van der Waals surface area contributed by atoms with E-state index in [4.69, 9.17) is 5.11 Å². The highest BCUT2D eigenvalue weighted by Crippen LogP contribution is 2.33. The summed E-state index contributed by atoms with van der Waals surface area (Å²) in [5.41, 5.74) is 1.77. The number of aryl methyl sites for hydroxylation is 1. The van der Waals surface area contributed by atoms with E-state index in [1.807, 2.05) is 31.2 Å². The molecule has 1 N–H and O–H groups in total. The summed E-state index contributed by atoms with van der Waals surface area (Å²) < 4.78 is 0. The summed E-state index contributed by atoms with van der Waals surface area (Å²) in [5, 5.41) is 12.1. The highest BCUT2D eigenvalue weighted by molar-refractivity contribution is 7.17. The molecule has 118 valence electrons.